The van der Waals surface area contributed by atoms with Gasteiger partial charge in [0.15, 0.2) is 0 Å². The maximum Gasteiger partial charge on any atom is 0.101 e. The van der Waals surface area contributed by atoms with Crippen molar-refractivity contribution in [2.24, 2.45) is 0 Å². The first-order valence-corrected chi connectivity index (χ1v) is 4.57. The molecular formula is C10H14N5Pt-3. The molecule has 1 aromatic heterocycles. The van der Waals surface area contributed by atoms with Crippen LogP contribution in [0.3, 0.4) is 0 Å². The molecule has 0 fully saturated rings. The molecule has 0 aliphatic heterocycles. The minimum atomic E-state index is 0. The van der Waals surface area contributed by atoms with Crippen LogP contribution in [0.1, 0.15) is 5.56 Å². The molecule has 1 rings (SSSR count). The summed E-state index contributed by atoms with van der Waals surface area (Å²) in [4.78, 5) is 3.73. The molecule has 16 heavy (non-hydrogen) atoms. The van der Waals surface area contributed by atoms with Crippen LogP contribution in [-0.4, -0.2) is 31.2 Å². The first kappa shape index (κ1) is 17.6. The zero-order valence-corrected chi connectivity index (χ0v) is 11.1. The van der Waals surface area contributed by atoms with Gasteiger partial charge in [-0.2, -0.15) is 31.4 Å². The zero-order valence-electron chi connectivity index (χ0n) is 8.80. The van der Waals surface area contributed by atoms with Gasteiger partial charge in [-0.1, -0.05) is 0 Å². The Bertz CT molecular complexity index is 268. The molecule has 0 aromatic carbocycles. The molecule has 92 valence electrons. The average molecular weight is 399 g/mol. The van der Waals surface area contributed by atoms with Crippen molar-refractivity contribution in [3.63, 3.8) is 0 Å². The topological polar surface area (TPSA) is 98.4 Å². The zero-order chi connectivity index (χ0) is 11.4. The van der Waals surface area contributed by atoms with Crippen molar-refractivity contribution in [1.29, 1.82) is 5.26 Å². The summed E-state index contributed by atoms with van der Waals surface area (Å²) in [6.45, 7) is 1.91. The van der Waals surface area contributed by atoms with Gasteiger partial charge >= 0.3 is 0 Å². The summed E-state index contributed by atoms with van der Waals surface area (Å²) in [6, 6.07) is 5.41. The summed E-state index contributed by atoms with van der Waals surface area (Å²) in [5.41, 5.74) is 13.9. The smallest absolute Gasteiger partial charge is 0.101 e. The van der Waals surface area contributed by atoms with Crippen molar-refractivity contribution in [1.82, 2.24) is 4.98 Å². The third-order valence-electron chi connectivity index (χ3n) is 1.33. The number of nitrogens with zero attached hydrogens (tertiary/aromatic N) is 3. The summed E-state index contributed by atoms with van der Waals surface area (Å²) in [6.07, 6.45) is 3.17. The fourth-order valence-corrected chi connectivity index (χ4v) is 0.699. The fourth-order valence-electron chi connectivity index (χ4n) is 0.699. The second-order valence-electron chi connectivity index (χ2n) is 2.52. The van der Waals surface area contributed by atoms with Crippen molar-refractivity contribution in [2.75, 3.05) is 26.2 Å². The van der Waals surface area contributed by atoms with Crippen LogP contribution in [0.2, 0.25) is 0 Å². The van der Waals surface area contributed by atoms with E-state index in [1.54, 1.807) is 18.3 Å². The maximum atomic E-state index is 8.25. The molecule has 0 saturated heterocycles. The maximum absolute atomic E-state index is 8.25. The van der Waals surface area contributed by atoms with Gasteiger partial charge in [-0.15, -0.1) is 0 Å². The Morgan fingerprint density at radius 3 is 2.25 bits per heavy atom. The Morgan fingerprint density at radius 1 is 1.31 bits per heavy atom. The third kappa shape index (κ3) is 11.3. The average Bonchev–Trinajstić information content (AvgIpc) is 2.32. The molecule has 2 N–H and O–H groups in total. The van der Waals surface area contributed by atoms with Gasteiger partial charge < -0.3 is 16.8 Å². The van der Waals surface area contributed by atoms with Gasteiger partial charge in [-0.25, -0.2) is 0 Å². The van der Waals surface area contributed by atoms with Crippen LogP contribution in [0.5, 0.6) is 0 Å². The van der Waals surface area contributed by atoms with Crippen LogP contribution in [0, 0.1) is 11.3 Å². The predicted molar refractivity (Wildman–Crippen MR) is 60.4 cm³/mol. The number of nitrogens with one attached hydrogen (secondary N) is 2. The predicted octanol–water partition coefficient (Wildman–Crippen LogP) is 2.42. The fraction of sp³-hybridized carbons (Fsp3) is 0.400. The molecule has 6 heteroatoms. The Balaban J connectivity index is 0. The van der Waals surface area contributed by atoms with E-state index in [1.165, 1.54) is 6.20 Å². The normalized spacial score (nSPS) is 8.06. The van der Waals surface area contributed by atoms with E-state index in [1.807, 2.05) is 6.07 Å². The number of hydrogen-bond donors (Lipinski definition) is 0. The van der Waals surface area contributed by atoms with Gasteiger partial charge in [0.1, 0.15) is 6.07 Å². The first-order chi connectivity index (χ1) is 7.35. The number of aromatic nitrogens is 1. The van der Waals surface area contributed by atoms with E-state index in [4.69, 9.17) is 16.7 Å². The van der Waals surface area contributed by atoms with Crippen LogP contribution in [0.4, 0.5) is 0 Å². The van der Waals surface area contributed by atoms with Crippen LogP contribution < -0.4 is 0 Å². The molecule has 1 aromatic rings. The summed E-state index contributed by atoms with van der Waals surface area (Å²) in [5.74, 6) is 0. The van der Waals surface area contributed by atoms with Gasteiger partial charge in [0, 0.05) is 33.5 Å². The molecule has 1 heterocycles. The van der Waals surface area contributed by atoms with Crippen LogP contribution in [0.25, 0.3) is 16.8 Å². The molecule has 0 radical (unpaired) electrons. The number of rotatable bonds is 4. The summed E-state index contributed by atoms with van der Waals surface area (Å²) >= 11 is 0. The quantitative estimate of drug-likeness (QED) is 0.727. The van der Waals surface area contributed by atoms with Crippen molar-refractivity contribution >= 4 is 0 Å². The molecule has 0 atom stereocenters. The molecular weight excluding hydrogens is 385 g/mol. The molecule has 0 bridgehead atoms. The van der Waals surface area contributed by atoms with Gasteiger partial charge in [0.25, 0.3) is 0 Å². The van der Waals surface area contributed by atoms with E-state index in [0.717, 1.165) is 0 Å². The number of nitriles is 1. The Hall–Kier alpha value is -0.792. The monoisotopic (exact) mass is 399 g/mol. The van der Waals surface area contributed by atoms with Gasteiger partial charge in [0.2, 0.25) is 0 Å². The summed E-state index contributed by atoms with van der Waals surface area (Å²) in [5, 5.41) is 12.1. The molecule has 5 nitrogen and oxygen atoms in total. The number of hydrogen-bond acceptors (Lipinski definition) is 2. The molecule has 0 saturated carbocycles. The Labute approximate surface area is 110 Å². The van der Waals surface area contributed by atoms with Crippen molar-refractivity contribution < 1.29 is 21.1 Å². The SMILES string of the molecule is N#Cc1cccnc1.[NH-]CC[N-]CC[NH-].[Pt]. The Morgan fingerprint density at radius 2 is 1.94 bits per heavy atom. The van der Waals surface area contributed by atoms with Crippen LogP contribution in [0.15, 0.2) is 24.5 Å². The van der Waals surface area contributed by atoms with Crippen LogP contribution >= 0.6 is 0 Å². The second kappa shape index (κ2) is 14.2. The van der Waals surface area contributed by atoms with E-state index < -0.39 is 0 Å². The third-order valence-corrected chi connectivity index (χ3v) is 1.33. The first-order valence-electron chi connectivity index (χ1n) is 4.57. The second-order valence-corrected chi connectivity index (χ2v) is 2.52. The Kier molecular flexibility index (Phi) is 15.6. The minimum absolute atomic E-state index is 0. The molecule has 0 aliphatic carbocycles. The molecule has 0 unspecified atom stereocenters. The molecule has 0 spiro atoms. The van der Waals surface area contributed by atoms with Gasteiger partial charge in [-0.3, -0.25) is 4.98 Å². The number of pyridine rings is 1. The van der Waals surface area contributed by atoms with E-state index >= 15 is 0 Å². The van der Waals surface area contributed by atoms with Crippen molar-refractivity contribution in [3.05, 3.63) is 46.9 Å². The van der Waals surface area contributed by atoms with E-state index in [2.05, 4.69) is 10.3 Å². The van der Waals surface area contributed by atoms with Crippen LogP contribution in [-0.2, 0) is 21.1 Å². The standard InChI is InChI=1S/C6H4N2.C4H10N3.Pt/c7-4-6-2-1-3-8-5-6;5-1-3-7-4-2-6;/h1-3,5H;5-6H,1-4H2;/q;-3;. The summed E-state index contributed by atoms with van der Waals surface area (Å²) < 4.78 is 0. The summed E-state index contributed by atoms with van der Waals surface area (Å²) in [7, 11) is 0. The van der Waals surface area contributed by atoms with E-state index in [0.29, 0.717) is 31.7 Å². The largest absolute Gasteiger partial charge is 0.679 e. The molecule has 0 amide bonds. The van der Waals surface area contributed by atoms with E-state index in [-0.39, 0.29) is 21.1 Å². The van der Waals surface area contributed by atoms with E-state index in [9.17, 15) is 0 Å². The van der Waals surface area contributed by atoms with Gasteiger partial charge in [0.05, 0.1) is 5.56 Å². The molecule has 0 aliphatic rings. The van der Waals surface area contributed by atoms with Crippen molar-refractivity contribution in [2.45, 2.75) is 0 Å². The van der Waals surface area contributed by atoms with Crippen molar-refractivity contribution in [3.8, 4) is 6.07 Å². The van der Waals surface area contributed by atoms with Gasteiger partial charge in [-0.05, 0) is 12.1 Å². The minimum Gasteiger partial charge on any atom is -0.679 e.